The lowest BCUT2D eigenvalue weighted by Gasteiger charge is -2.27. The first-order chi connectivity index (χ1) is 29.8. The molecule has 0 aliphatic heterocycles. The Hall–Kier alpha value is -7.94. The lowest BCUT2D eigenvalue weighted by Crippen LogP contribution is -2.10. The second-order valence-electron chi connectivity index (χ2n) is 15.3. The highest BCUT2D eigenvalue weighted by Crippen LogP contribution is 2.48. The van der Waals surface area contributed by atoms with E-state index in [-0.39, 0.29) is 0 Å². The Labute approximate surface area is 349 Å². The number of hydrogen-bond donors (Lipinski definition) is 0. The van der Waals surface area contributed by atoms with E-state index in [0.717, 1.165) is 60.9 Å². The van der Waals surface area contributed by atoms with Crippen molar-refractivity contribution in [2.24, 2.45) is 0 Å². The average Bonchev–Trinajstić information content (AvgIpc) is 3.72. The molecule has 0 unspecified atom stereocenters. The van der Waals surface area contributed by atoms with E-state index in [1.807, 2.05) is 0 Å². The summed E-state index contributed by atoms with van der Waals surface area (Å²) in [5, 5.41) is 4.40. The van der Waals surface area contributed by atoms with Gasteiger partial charge in [0.2, 0.25) is 0 Å². The van der Waals surface area contributed by atoms with Gasteiger partial charge in [0.05, 0.1) is 11.1 Å². The summed E-state index contributed by atoms with van der Waals surface area (Å²) in [6, 6.07) is 84.7. The molecule has 282 valence electrons. The van der Waals surface area contributed by atoms with E-state index >= 15 is 0 Å². The molecule has 0 bridgehead atoms. The lowest BCUT2D eigenvalue weighted by atomic mass is 9.90. The van der Waals surface area contributed by atoms with Crippen LogP contribution < -0.4 is 4.90 Å². The molecular weight excluding hydrogens is 727 g/mol. The maximum atomic E-state index is 6.93. The Kier molecular flexibility index (Phi) is 8.87. The van der Waals surface area contributed by atoms with E-state index in [9.17, 15) is 0 Å². The van der Waals surface area contributed by atoms with Crippen molar-refractivity contribution in [3.8, 4) is 55.6 Å². The predicted molar refractivity (Wildman–Crippen MR) is 253 cm³/mol. The Morgan fingerprint density at radius 2 is 0.783 bits per heavy atom. The number of benzene rings is 10. The number of furan rings is 1. The van der Waals surface area contributed by atoms with Gasteiger partial charge in [0, 0.05) is 22.1 Å². The number of fused-ring (bicyclic) bond motifs is 5. The zero-order valence-electron chi connectivity index (χ0n) is 32.9. The van der Waals surface area contributed by atoms with Crippen molar-refractivity contribution in [1.82, 2.24) is 0 Å². The van der Waals surface area contributed by atoms with Crippen molar-refractivity contribution in [3.05, 3.63) is 237 Å². The molecule has 0 saturated heterocycles. The minimum Gasteiger partial charge on any atom is -0.455 e. The van der Waals surface area contributed by atoms with Gasteiger partial charge in [0.1, 0.15) is 11.2 Å². The van der Waals surface area contributed by atoms with Crippen molar-refractivity contribution in [1.29, 1.82) is 0 Å². The third-order valence-electron chi connectivity index (χ3n) is 11.7. The van der Waals surface area contributed by atoms with Gasteiger partial charge in [-0.25, -0.2) is 0 Å². The summed E-state index contributed by atoms with van der Waals surface area (Å²) < 4.78 is 6.93. The molecule has 1 heterocycles. The van der Waals surface area contributed by atoms with E-state index in [1.165, 1.54) is 44.5 Å². The molecule has 0 N–H and O–H groups in total. The van der Waals surface area contributed by atoms with Crippen LogP contribution in [0, 0.1) is 0 Å². The summed E-state index contributed by atoms with van der Waals surface area (Å²) in [7, 11) is 0. The summed E-state index contributed by atoms with van der Waals surface area (Å²) in [6.07, 6.45) is 0. The molecule has 2 heteroatoms. The van der Waals surface area contributed by atoms with Crippen molar-refractivity contribution in [3.63, 3.8) is 0 Å². The van der Waals surface area contributed by atoms with E-state index in [4.69, 9.17) is 4.42 Å². The van der Waals surface area contributed by atoms with Gasteiger partial charge in [-0.15, -0.1) is 0 Å². The second kappa shape index (κ2) is 15.1. The summed E-state index contributed by atoms with van der Waals surface area (Å²) in [5.74, 6) is 0. The highest BCUT2D eigenvalue weighted by molar-refractivity contribution is 6.23. The fourth-order valence-corrected chi connectivity index (χ4v) is 8.80. The topological polar surface area (TPSA) is 16.4 Å². The molecule has 0 amide bonds. The second-order valence-corrected chi connectivity index (χ2v) is 15.3. The predicted octanol–water partition coefficient (Wildman–Crippen LogP) is 16.5. The normalized spacial score (nSPS) is 11.3. The van der Waals surface area contributed by atoms with Crippen molar-refractivity contribution >= 4 is 49.8 Å². The summed E-state index contributed by atoms with van der Waals surface area (Å²) in [5.41, 5.74) is 16.7. The molecule has 11 rings (SSSR count). The molecule has 1 aromatic heterocycles. The maximum Gasteiger partial charge on any atom is 0.143 e. The van der Waals surface area contributed by atoms with Crippen LogP contribution in [-0.2, 0) is 0 Å². The first-order valence-electron chi connectivity index (χ1n) is 20.5. The number of hydrogen-bond acceptors (Lipinski definition) is 2. The van der Waals surface area contributed by atoms with Crippen molar-refractivity contribution in [2.75, 3.05) is 4.90 Å². The van der Waals surface area contributed by atoms with Crippen LogP contribution in [0.4, 0.5) is 17.1 Å². The first kappa shape index (κ1) is 35.2. The molecule has 2 nitrogen and oxygen atoms in total. The van der Waals surface area contributed by atoms with Crippen molar-refractivity contribution in [2.45, 2.75) is 0 Å². The van der Waals surface area contributed by atoms with Crippen LogP contribution in [0.1, 0.15) is 0 Å². The Bertz CT molecular complexity index is 3280. The van der Waals surface area contributed by atoms with Gasteiger partial charge in [-0.2, -0.15) is 0 Å². The summed E-state index contributed by atoms with van der Waals surface area (Å²) in [4.78, 5) is 2.39. The fourth-order valence-electron chi connectivity index (χ4n) is 8.80. The zero-order chi connectivity index (χ0) is 39.8. The molecule has 0 aliphatic rings. The van der Waals surface area contributed by atoms with Crippen LogP contribution in [0.15, 0.2) is 241 Å². The standard InChI is InChI=1S/C58H39NO/c1-4-16-40(17-5-1)42-30-32-44(33-31-42)46-22-14-23-48(38-46)59(47-36-34-43(35-37-47)41-18-6-2-7-19-41)55-28-15-29-56-57(55)54-39-53(51-26-12-13-27-52(51)58(54)60-56)50-25-11-10-24-49(50)45-20-8-3-9-21-45/h1-39H. The van der Waals surface area contributed by atoms with E-state index in [2.05, 4.69) is 241 Å². The molecule has 0 atom stereocenters. The lowest BCUT2D eigenvalue weighted by molar-refractivity contribution is 0.672. The van der Waals surface area contributed by atoms with Crippen molar-refractivity contribution < 1.29 is 4.42 Å². The van der Waals surface area contributed by atoms with Crippen LogP contribution in [-0.4, -0.2) is 0 Å². The molecule has 0 radical (unpaired) electrons. The van der Waals surface area contributed by atoms with Gasteiger partial charge in [0.15, 0.2) is 0 Å². The number of anilines is 3. The van der Waals surface area contributed by atoms with E-state index in [1.54, 1.807) is 0 Å². The third-order valence-corrected chi connectivity index (χ3v) is 11.7. The SMILES string of the molecule is c1ccc(-c2ccc(-c3cccc(N(c4ccc(-c5ccccc5)cc4)c4cccc5oc6c7ccccc7c(-c7ccccc7-c7ccccc7)cc6c45)c3)cc2)cc1. The molecule has 10 aromatic carbocycles. The third kappa shape index (κ3) is 6.32. The molecule has 0 aliphatic carbocycles. The molecule has 60 heavy (non-hydrogen) atoms. The monoisotopic (exact) mass is 765 g/mol. The molecule has 0 saturated carbocycles. The van der Waals surface area contributed by atoms with Crippen LogP contribution >= 0.6 is 0 Å². The Balaban J connectivity index is 1.12. The highest BCUT2D eigenvalue weighted by atomic mass is 16.3. The van der Waals surface area contributed by atoms with Crippen LogP contribution in [0.2, 0.25) is 0 Å². The van der Waals surface area contributed by atoms with Crippen LogP contribution in [0.25, 0.3) is 88.3 Å². The minimum atomic E-state index is 0.847. The van der Waals surface area contributed by atoms with Gasteiger partial charge in [0.25, 0.3) is 0 Å². The van der Waals surface area contributed by atoms with E-state index < -0.39 is 0 Å². The maximum absolute atomic E-state index is 6.93. The largest absolute Gasteiger partial charge is 0.455 e. The zero-order valence-corrected chi connectivity index (χ0v) is 32.9. The van der Waals surface area contributed by atoms with Gasteiger partial charge in [-0.1, -0.05) is 194 Å². The number of nitrogens with zero attached hydrogens (tertiary/aromatic N) is 1. The summed E-state index contributed by atoms with van der Waals surface area (Å²) >= 11 is 0. The van der Waals surface area contributed by atoms with Gasteiger partial charge < -0.3 is 9.32 Å². The highest BCUT2D eigenvalue weighted by Gasteiger charge is 2.23. The Morgan fingerprint density at radius 3 is 1.45 bits per heavy atom. The van der Waals surface area contributed by atoms with Gasteiger partial charge in [-0.3, -0.25) is 0 Å². The average molecular weight is 766 g/mol. The van der Waals surface area contributed by atoms with Crippen LogP contribution in [0.3, 0.4) is 0 Å². The summed E-state index contributed by atoms with van der Waals surface area (Å²) in [6.45, 7) is 0. The first-order valence-corrected chi connectivity index (χ1v) is 20.5. The van der Waals surface area contributed by atoms with E-state index in [0.29, 0.717) is 0 Å². The quantitative estimate of drug-likeness (QED) is 0.153. The number of rotatable bonds is 8. The molecule has 0 fully saturated rings. The van der Waals surface area contributed by atoms with Gasteiger partial charge >= 0.3 is 0 Å². The fraction of sp³-hybridized carbons (Fsp3) is 0. The smallest absolute Gasteiger partial charge is 0.143 e. The van der Waals surface area contributed by atoms with Crippen LogP contribution in [0.5, 0.6) is 0 Å². The molecular formula is C58H39NO. The Morgan fingerprint density at radius 1 is 0.283 bits per heavy atom. The molecule has 0 spiro atoms. The molecule has 11 aromatic rings. The minimum absolute atomic E-state index is 0.847. The van der Waals surface area contributed by atoms with Gasteiger partial charge in [-0.05, 0) is 103 Å².